The van der Waals surface area contributed by atoms with Gasteiger partial charge in [-0.05, 0) is 30.9 Å². The maximum atomic E-state index is 11.4. The molecule has 1 aromatic rings. The molecule has 0 aromatic carbocycles. The lowest BCUT2D eigenvalue weighted by molar-refractivity contribution is -0.143. The fraction of sp³-hybridized carbons (Fsp3) is 0.500. The molecule has 2 N–H and O–H groups in total. The Balaban J connectivity index is 1.89. The molecule has 17 heavy (non-hydrogen) atoms. The summed E-state index contributed by atoms with van der Waals surface area (Å²) in [5.74, 6) is 0.210. The molecule has 0 bridgehead atoms. The monoisotopic (exact) mass is 275 g/mol. The lowest BCUT2D eigenvalue weighted by atomic mass is 10.3. The predicted molar refractivity (Wildman–Crippen MR) is 63.1 cm³/mol. The molecule has 0 saturated heterocycles. The highest BCUT2D eigenvalue weighted by Gasteiger charge is 2.23. The van der Waals surface area contributed by atoms with E-state index < -0.39 is 10.0 Å². The highest BCUT2D eigenvalue weighted by atomic mass is 32.2. The number of ether oxygens (including phenoxy) is 1. The number of carbonyl (C=O) groups excluding carboxylic acids is 1. The minimum Gasteiger partial charge on any atom is -0.465 e. The summed E-state index contributed by atoms with van der Waals surface area (Å²) in [6, 6.07) is 2.99. The first-order valence-corrected chi connectivity index (χ1v) is 7.58. The van der Waals surface area contributed by atoms with E-state index in [-0.39, 0.29) is 16.6 Å². The Kier molecular flexibility index (Phi) is 3.50. The van der Waals surface area contributed by atoms with Gasteiger partial charge in [-0.15, -0.1) is 11.3 Å². The van der Waals surface area contributed by atoms with E-state index in [2.05, 4.69) is 0 Å². The van der Waals surface area contributed by atoms with Gasteiger partial charge in [-0.2, -0.15) is 0 Å². The van der Waals surface area contributed by atoms with Crippen molar-refractivity contribution < 1.29 is 17.9 Å². The normalized spacial score (nSPS) is 15.8. The van der Waals surface area contributed by atoms with E-state index in [0.29, 0.717) is 17.4 Å². The molecule has 1 aliphatic rings. The zero-order valence-corrected chi connectivity index (χ0v) is 10.7. The molecular weight excluding hydrogens is 262 g/mol. The van der Waals surface area contributed by atoms with Gasteiger partial charge in [0, 0.05) is 4.88 Å². The number of nitrogens with two attached hydrogens (primary N) is 1. The van der Waals surface area contributed by atoms with Crippen LogP contribution in [0.25, 0.3) is 0 Å². The van der Waals surface area contributed by atoms with Crippen molar-refractivity contribution >= 4 is 27.3 Å². The number of hydrogen-bond donors (Lipinski definition) is 1. The highest BCUT2D eigenvalue weighted by Crippen LogP contribution is 2.29. The molecule has 1 saturated carbocycles. The topological polar surface area (TPSA) is 86.5 Å². The highest BCUT2D eigenvalue weighted by molar-refractivity contribution is 7.91. The molecule has 7 heteroatoms. The SMILES string of the molecule is NS(=O)(=O)c1ccc(CC(=O)OCC2CC2)s1. The van der Waals surface area contributed by atoms with Gasteiger partial charge in [0.05, 0.1) is 13.0 Å². The molecule has 1 fully saturated rings. The van der Waals surface area contributed by atoms with Crippen molar-refractivity contribution in [2.45, 2.75) is 23.5 Å². The van der Waals surface area contributed by atoms with Crippen LogP contribution in [0.1, 0.15) is 17.7 Å². The molecule has 1 aliphatic carbocycles. The van der Waals surface area contributed by atoms with E-state index in [0.717, 1.165) is 24.2 Å². The van der Waals surface area contributed by atoms with Crippen LogP contribution in [-0.2, 0) is 26.0 Å². The Labute approximate surface area is 104 Å². The summed E-state index contributed by atoms with van der Waals surface area (Å²) in [5, 5.41) is 4.97. The molecular formula is C10H13NO4S2. The molecule has 2 rings (SSSR count). The van der Waals surface area contributed by atoms with Crippen LogP contribution in [0.4, 0.5) is 0 Å². The molecule has 0 atom stereocenters. The van der Waals surface area contributed by atoms with Gasteiger partial charge in [-0.25, -0.2) is 13.6 Å². The summed E-state index contributed by atoms with van der Waals surface area (Å²) in [6.07, 6.45) is 2.36. The Morgan fingerprint density at radius 3 is 2.71 bits per heavy atom. The molecule has 1 heterocycles. The maximum absolute atomic E-state index is 11.4. The lowest BCUT2D eigenvalue weighted by Gasteiger charge is -2.01. The van der Waals surface area contributed by atoms with Crippen molar-refractivity contribution in [3.8, 4) is 0 Å². The van der Waals surface area contributed by atoms with Crippen LogP contribution in [0.3, 0.4) is 0 Å². The third kappa shape index (κ3) is 3.79. The van der Waals surface area contributed by atoms with E-state index in [1.54, 1.807) is 6.07 Å². The molecule has 5 nitrogen and oxygen atoms in total. The molecule has 1 aromatic heterocycles. The summed E-state index contributed by atoms with van der Waals surface area (Å²) in [4.78, 5) is 12.1. The fourth-order valence-electron chi connectivity index (χ4n) is 1.29. The van der Waals surface area contributed by atoms with E-state index in [1.165, 1.54) is 6.07 Å². The summed E-state index contributed by atoms with van der Waals surface area (Å²) >= 11 is 1.00. The fourth-order valence-corrected chi connectivity index (χ4v) is 3.06. The Morgan fingerprint density at radius 1 is 1.47 bits per heavy atom. The number of thiophene rings is 1. The van der Waals surface area contributed by atoms with Crippen LogP contribution >= 0.6 is 11.3 Å². The van der Waals surface area contributed by atoms with E-state index >= 15 is 0 Å². The van der Waals surface area contributed by atoms with Crippen molar-refractivity contribution in [2.75, 3.05) is 6.61 Å². The summed E-state index contributed by atoms with van der Waals surface area (Å²) in [5.41, 5.74) is 0. The van der Waals surface area contributed by atoms with Gasteiger partial charge in [-0.3, -0.25) is 4.79 Å². The minimum atomic E-state index is -3.67. The van der Waals surface area contributed by atoms with Gasteiger partial charge in [0.2, 0.25) is 10.0 Å². The van der Waals surface area contributed by atoms with Crippen LogP contribution in [0.15, 0.2) is 16.3 Å². The van der Waals surface area contributed by atoms with Crippen molar-refractivity contribution in [3.05, 3.63) is 17.0 Å². The van der Waals surface area contributed by atoms with Gasteiger partial charge in [0.1, 0.15) is 4.21 Å². The molecule has 94 valence electrons. The standard InChI is InChI=1S/C10H13NO4S2/c11-17(13,14)10-4-3-8(16-10)5-9(12)15-6-7-1-2-7/h3-4,7H,1-2,5-6H2,(H2,11,13,14). The summed E-state index contributed by atoms with van der Waals surface area (Å²) in [6.45, 7) is 0.478. The van der Waals surface area contributed by atoms with Crippen molar-refractivity contribution in [1.82, 2.24) is 0 Å². The second-order valence-corrected chi connectivity index (χ2v) is 7.03. The van der Waals surface area contributed by atoms with Gasteiger partial charge < -0.3 is 4.74 Å². The van der Waals surface area contributed by atoms with Gasteiger partial charge in [0.15, 0.2) is 0 Å². The number of carbonyl (C=O) groups is 1. The maximum Gasteiger partial charge on any atom is 0.311 e. The zero-order chi connectivity index (χ0) is 12.5. The Bertz CT molecular complexity index is 516. The Hall–Kier alpha value is -0.920. The summed E-state index contributed by atoms with van der Waals surface area (Å²) in [7, 11) is -3.67. The van der Waals surface area contributed by atoms with Gasteiger partial charge in [-0.1, -0.05) is 0 Å². The smallest absolute Gasteiger partial charge is 0.311 e. The van der Waals surface area contributed by atoms with E-state index in [1.807, 2.05) is 0 Å². The average Bonchev–Trinajstić information content (AvgIpc) is 2.93. The largest absolute Gasteiger partial charge is 0.465 e. The van der Waals surface area contributed by atoms with Crippen LogP contribution < -0.4 is 5.14 Å². The first kappa shape index (κ1) is 12.5. The third-order valence-corrected chi connectivity index (χ3v) is 4.94. The number of primary sulfonamides is 1. The zero-order valence-electron chi connectivity index (χ0n) is 9.09. The van der Waals surface area contributed by atoms with E-state index in [9.17, 15) is 13.2 Å². The van der Waals surface area contributed by atoms with Gasteiger partial charge >= 0.3 is 5.97 Å². The lowest BCUT2D eigenvalue weighted by Crippen LogP contribution is -2.10. The van der Waals surface area contributed by atoms with Crippen LogP contribution in [0.2, 0.25) is 0 Å². The second kappa shape index (κ2) is 4.75. The predicted octanol–water partition coefficient (Wildman–Crippen LogP) is 0.891. The first-order chi connectivity index (χ1) is 7.95. The number of hydrogen-bond acceptors (Lipinski definition) is 5. The van der Waals surface area contributed by atoms with Crippen LogP contribution in [0, 0.1) is 5.92 Å². The van der Waals surface area contributed by atoms with Crippen molar-refractivity contribution in [1.29, 1.82) is 0 Å². The molecule has 0 aliphatic heterocycles. The second-order valence-electron chi connectivity index (χ2n) is 4.07. The number of esters is 1. The molecule has 0 spiro atoms. The average molecular weight is 275 g/mol. The molecule has 0 radical (unpaired) electrons. The Morgan fingerprint density at radius 2 is 2.18 bits per heavy atom. The first-order valence-electron chi connectivity index (χ1n) is 5.22. The quantitative estimate of drug-likeness (QED) is 0.809. The number of rotatable bonds is 5. The summed E-state index contributed by atoms with van der Waals surface area (Å²) < 4.78 is 27.2. The van der Waals surface area contributed by atoms with Crippen LogP contribution in [0.5, 0.6) is 0 Å². The molecule has 0 amide bonds. The van der Waals surface area contributed by atoms with Crippen molar-refractivity contribution in [3.63, 3.8) is 0 Å². The number of sulfonamides is 1. The van der Waals surface area contributed by atoms with Gasteiger partial charge in [0.25, 0.3) is 0 Å². The third-order valence-electron chi connectivity index (χ3n) is 2.41. The van der Waals surface area contributed by atoms with E-state index in [4.69, 9.17) is 9.88 Å². The van der Waals surface area contributed by atoms with Crippen LogP contribution in [-0.4, -0.2) is 21.0 Å². The molecule has 0 unspecified atom stereocenters. The van der Waals surface area contributed by atoms with Crippen molar-refractivity contribution in [2.24, 2.45) is 11.1 Å². The minimum absolute atomic E-state index is 0.0718.